The molecule has 7 heteroatoms. The summed E-state index contributed by atoms with van der Waals surface area (Å²) in [7, 11) is -4.05. The number of aliphatic carboxylic acids is 1. The van der Waals surface area contributed by atoms with Crippen LogP contribution in [0.1, 0.15) is 30.9 Å². The van der Waals surface area contributed by atoms with Crippen molar-refractivity contribution in [2.45, 2.75) is 37.6 Å². The number of nitrogens with zero attached hydrogens (tertiary/aromatic N) is 1. The lowest BCUT2D eigenvalue weighted by Gasteiger charge is -2.15. The number of benzene rings is 1. The summed E-state index contributed by atoms with van der Waals surface area (Å²) in [5.41, 5.74) is 0.554. The Morgan fingerprint density at radius 3 is 2.65 bits per heavy atom. The Kier molecular flexibility index (Phi) is 5.25. The van der Waals surface area contributed by atoms with E-state index in [1.165, 1.54) is 12.1 Å². The van der Waals surface area contributed by atoms with Crippen molar-refractivity contribution in [3.63, 3.8) is 0 Å². The van der Waals surface area contributed by atoms with E-state index >= 15 is 0 Å². The van der Waals surface area contributed by atoms with Crippen molar-refractivity contribution in [1.82, 2.24) is 4.72 Å². The van der Waals surface area contributed by atoms with Gasteiger partial charge in [0.25, 0.3) is 0 Å². The summed E-state index contributed by atoms with van der Waals surface area (Å²) in [6.07, 6.45) is 0.709. The number of carboxylic acid groups (broad SMARTS) is 1. The average molecular weight is 296 g/mol. The minimum atomic E-state index is -4.05. The number of sulfonamides is 1. The van der Waals surface area contributed by atoms with Crippen molar-refractivity contribution < 1.29 is 18.3 Å². The molecule has 1 aromatic carbocycles. The second-order valence-corrected chi connectivity index (χ2v) is 6.04. The lowest BCUT2D eigenvalue weighted by Crippen LogP contribution is -2.40. The first kappa shape index (κ1) is 16.1. The van der Waals surface area contributed by atoms with E-state index in [-0.39, 0.29) is 16.9 Å². The largest absolute Gasteiger partial charge is 0.480 e. The number of aryl methyl sites for hydroxylation is 1. The molecule has 1 atom stereocenters. The van der Waals surface area contributed by atoms with Crippen LogP contribution >= 0.6 is 0 Å². The molecule has 0 aliphatic carbocycles. The molecule has 0 spiro atoms. The van der Waals surface area contributed by atoms with Crippen LogP contribution in [0, 0.1) is 18.3 Å². The highest BCUT2D eigenvalue weighted by atomic mass is 32.2. The van der Waals surface area contributed by atoms with Gasteiger partial charge in [0.1, 0.15) is 17.0 Å². The predicted octanol–water partition coefficient (Wildman–Crippen LogP) is 1.40. The number of hydrogen-bond acceptors (Lipinski definition) is 4. The summed E-state index contributed by atoms with van der Waals surface area (Å²) in [5, 5.41) is 18.1. The van der Waals surface area contributed by atoms with E-state index in [4.69, 9.17) is 10.4 Å². The molecular formula is C13H16N2O4S. The molecule has 0 amide bonds. The van der Waals surface area contributed by atoms with Crippen LogP contribution in [0.25, 0.3) is 0 Å². The normalized spacial score (nSPS) is 12.7. The molecule has 0 saturated heterocycles. The number of carboxylic acids is 1. The molecule has 1 unspecified atom stereocenters. The van der Waals surface area contributed by atoms with E-state index in [0.717, 1.165) is 0 Å². The van der Waals surface area contributed by atoms with Crippen molar-refractivity contribution in [2.75, 3.05) is 0 Å². The molecule has 0 aliphatic heterocycles. The molecule has 0 heterocycles. The summed E-state index contributed by atoms with van der Waals surface area (Å²) >= 11 is 0. The van der Waals surface area contributed by atoms with Crippen LogP contribution in [0.3, 0.4) is 0 Å². The molecule has 1 aromatic rings. The van der Waals surface area contributed by atoms with Crippen molar-refractivity contribution >= 4 is 16.0 Å². The zero-order valence-corrected chi connectivity index (χ0v) is 12.1. The molecule has 0 radical (unpaired) electrons. The standard InChI is InChI=1S/C13H16N2O4S/c1-3-5-11(13(16)17)15-20(18,19)12-7-4-6-9(2)10(12)8-14/h4,6-7,11,15H,3,5H2,1-2H3,(H,16,17). The number of nitrogens with one attached hydrogen (secondary N) is 1. The fourth-order valence-electron chi connectivity index (χ4n) is 1.78. The third kappa shape index (κ3) is 3.56. The van der Waals surface area contributed by atoms with Gasteiger partial charge in [-0.2, -0.15) is 9.98 Å². The Bertz CT molecular complexity index is 647. The highest BCUT2D eigenvalue weighted by molar-refractivity contribution is 7.89. The summed E-state index contributed by atoms with van der Waals surface area (Å²) < 4.78 is 26.6. The van der Waals surface area contributed by atoms with Crippen molar-refractivity contribution in [2.24, 2.45) is 0 Å². The minimum Gasteiger partial charge on any atom is -0.480 e. The summed E-state index contributed by atoms with van der Waals surface area (Å²) in [6, 6.07) is 5.07. The smallest absolute Gasteiger partial charge is 0.321 e. The quantitative estimate of drug-likeness (QED) is 0.825. The molecule has 0 aliphatic rings. The fraction of sp³-hybridized carbons (Fsp3) is 0.385. The first-order valence-electron chi connectivity index (χ1n) is 6.08. The zero-order chi connectivity index (χ0) is 15.3. The minimum absolute atomic E-state index is 0.0284. The molecule has 0 bridgehead atoms. The van der Waals surface area contributed by atoms with Crippen LogP contribution in [0.2, 0.25) is 0 Å². The SMILES string of the molecule is CCCC(NS(=O)(=O)c1cccc(C)c1C#N)C(=O)O. The zero-order valence-electron chi connectivity index (χ0n) is 11.3. The van der Waals surface area contributed by atoms with Crippen LogP contribution in [-0.4, -0.2) is 25.5 Å². The Morgan fingerprint density at radius 2 is 2.15 bits per heavy atom. The van der Waals surface area contributed by atoms with Crippen LogP contribution in [0.15, 0.2) is 23.1 Å². The van der Waals surface area contributed by atoms with E-state index in [1.807, 2.05) is 6.07 Å². The maximum absolute atomic E-state index is 12.2. The van der Waals surface area contributed by atoms with Gasteiger partial charge in [-0.3, -0.25) is 4.79 Å². The Morgan fingerprint density at radius 1 is 1.50 bits per heavy atom. The summed E-state index contributed by atoms with van der Waals surface area (Å²) in [5.74, 6) is -1.23. The van der Waals surface area contributed by atoms with Gasteiger partial charge in [0.2, 0.25) is 10.0 Å². The number of rotatable bonds is 6. The maximum Gasteiger partial charge on any atom is 0.321 e. The van der Waals surface area contributed by atoms with Gasteiger partial charge in [-0.05, 0) is 25.0 Å². The van der Waals surface area contributed by atoms with Gasteiger partial charge in [0.05, 0.1) is 5.56 Å². The van der Waals surface area contributed by atoms with Crippen LogP contribution < -0.4 is 4.72 Å². The van der Waals surface area contributed by atoms with Gasteiger partial charge in [0.15, 0.2) is 0 Å². The average Bonchev–Trinajstić information content (AvgIpc) is 2.37. The third-order valence-corrected chi connectivity index (χ3v) is 4.32. The lowest BCUT2D eigenvalue weighted by molar-refractivity contribution is -0.139. The predicted molar refractivity (Wildman–Crippen MR) is 72.5 cm³/mol. The highest BCUT2D eigenvalue weighted by Crippen LogP contribution is 2.19. The molecule has 1 rings (SSSR count). The van der Waals surface area contributed by atoms with Gasteiger partial charge in [-0.1, -0.05) is 25.5 Å². The van der Waals surface area contributed by atoms with Gasteiger partial charge in [-0.15, -0.1) is 0 Å². The van der Waals surface area contributed by atoms with E-state index < -0.39 is 22.0 Å². The van der Waals surface area contributed by atoms with Crippen LogP contribution in [-0.2, 0) is 14.8 Å². The molecular weight excluding hydrogens is 280 g/mol. The monoisotopic (exact) mass is 296 g/mol. The van der Waals surface area contributed by atoms with E-state index in [1.54, 1.807) is 19.9 Å². The van der Waals surface area contributed by atoms with Crippen LogP contribution in [0.4, 0.5) is 0 Å². The van der Waals surface area contributed by atoms with Gasteiger partial charge in [0, 0.05) is 0 Å². The third-order valence-electron chi connectivity index (χ3n) is 2.81. The topological polar surface area (TPSA) is 107 Å². The first-order valence-corrected chi connectivity index (χ1v) is 7.56. The molecule has 20 heavy (non-hydrogen) atoms. The van der Waals surface area contributed by atoms with Gasteiger partial charge < -0.3 is 5.11 Å². The van der Waals surface area contributed by atoms with Gasteiger partial charge >= 0.3 is 5.97 Å². The van der Waals surface area contributed by atoms with E-state index in [9.17, 15) is 13.2 Å². The van der Waals surface area contributed by atoms with Crippen molar-refractivity contribution in [3.05, 3.63) is 29.3 Å². The number of hydrogen-bond donors (Lipinski definition) is 2. The highest BCUT2D eigenvalue weighted by Gasteiger charge is 2.26. The van der Waals surface area contributed by atoms with Crippen LogP contribution in [0.5, 0.6) is 0 Å². The molecule has 0 saturated carbocycles. The first-order chi connectivity index (χ1) is 9.33. The molecule has 2 N–H and O–H groups in total. The second kappa shape index (κ2) is 6.50. The summed E-state index contributed by atoms with van der Waals surface area (Å²) in [4.78, 5) is 10.8. The van der Waals surface area contributed by atoms with Crippen molar-refractivity contribution in [1.29, 1.82) is 5.26 Å². The lowest BCUT2D eigenvalue weighted by atomic mass is 10.1. The summed E-state index contributed by atoms with van der Waals surface area (Å²) in [6.45, 7) is 3.38. The van der Waals surface area contributed by atoms with Crippen molar-refractivity contribution in [3.8, 4) is 6.07 Å². The number of carbonyl (C=O) groups is 1. The molecule has 0 aromatic heterocycles. The Hall–Kier alpha value is -1.91. The molecule has 108 valence electrons. The molecule has 6 nitrogen and oxygen atoms in total. The van der Waals surface area contributed by atoms with E-state index in [2.05, 4.69) is 4.72 Å². The van der Waals surface area contributed by atoms with Gasteiger partial charge in [-0.25, -0.2) is 8.42 Å². The Labute approximate surface area is 118 Å². The van der Waals surface area contributed by atoms with E-state index in [0.29, 0.717) is 12.0 Å². The molecule has 0 fully saturated rings. The maximum atomic E-state index is 12.2. The second-order valence-electron chi connectivity index (χ2n) is 4.36. The Balaban J connectivity index is 3.21. The number of nitriles is 1. The fourth-order valence-corrected chi connectivity index (χ4v) is 3.23.